The summed E-state index contributed by atoms with van der Waals surface area (Å²) in [6.07, 6.45) is 3.10. The lowest BCUT2D eigenvalue weighted by Crippen LogP contribution is -2.31. The number of hydrazine groups is 2. The van der Waals surface area contributed by atoms with Crippen molar-refractivity contribution in [1.82, 2.24) is 16.4 Å². The topological polar surface area (TPSA) is 36.1 Å². The zero-order chi connectivity index (χ0) is 10.7. The minimum atomic E-state index is 0.640. The van der Waals surface area contributed by atoms with Crippen LogP contribution in [-0.2, 0) is 0 Å². The Kier molecular flexibility index (Phi) is 2.92. The van der Waals surface area contributed by atoms with Crippen molar-refractivity contribution < 1.29 is 0 Å². The van der Waals surface area contributed by atoms with Gasteiger partial charge >= 0.3 is 0 Å². The monoisotopic (exact) mass is 203 g/mol. The van der Waals surface area contributed by atoms with E-state index in [2.05, 4.69) is 54.5 Å². The summed E-state index contributed by atoms with van der Waals surface area (Å²) in [7, 11) is 0. The van der Waals surface area contributed by atoms with Crippen molar-refractivity contribution in [3.8, 4) is 0 Å². The predicted octanol–water partition coefficient (Wildman–Crippen LogP) is 2.11. The Morgan fingerprint density at radius 2 is 1.93 bits per heavy atom. The number of nitrogens with one attached hydrogen (secondary N) is 3. The van der Waals surface area contributed by atoms with E-state index in [9.17, 15) is 0 Å². The Bertz CT molecular complexity index is 354. The zero-order valence-corrected chi connectivity index (χ0v) is 9.17. The first-order valence-electron chi connectivity index (χ1n) is 5.38. The molecule has 15 heavy (non-hydrogen) atoms. The van der Waals surface area contributed by atoms with E-state index in [1.54, 1.807) is 0 Å². The summed E-state index contributed by atoms with van der Waals surface area (Å²) in [6.45, 7) is 4.47. The molecule has 1 atom stereocenters. The van der Waals surface area contributed by atoms with Gasteiger partial charge in [-0.3, -0.25) is 0 Å². The highest BCUT2D eigenvalue weighted by Crippen LogP contribution is 2.20. The molecule has 0 aliphatic carbocycles. The first-order valence-corrected chi connectivity index (χ1v) is 5.38. The fourth-order valence-corrected chi connectivity index (χ4v) is 1.63. The fourth-order valence-electron chi connectivity index (χ4n) is 1.63. The normalized spacial score (nSPS) is 16.5. The van der Waals surface area contributed by atoms with Crippen LogP contribution in [0.25, 0.3) is 5.70 Å². The molecule has 0 bridgehead atoms. The summed E-state index contributed by atoms with van der Waals surface area (Å²) in [5.74, 6) is 0.640. The van der Waals surface area contributed by atoms with Gasteiger partial charge in [-0.05, 0) is 17.9 Å². The molecule has 0 saturated heterocycles. The summed E-state index contributed by atoms with van der Waals surface area (Å²) < 4.78 is 0. The molecule has 0 amide bonds. The van der Waals surface area contributed by atoms with Gasteiger partial charge < -0.3 is 10.9 Å². The molecule has 0 spiro atoms. The average molecular weight is 203 g/mol. The number of rotatable bonds is 3. The first kappa shape index (κ1) is 10.1. The molecule has 0 fully saturated rings. The van der Waals surface area contributed by atoms with Crippen molar-refractivity contribution in [2.45, 2.75) is 26.2 Å². The zero-order valence-electron chi connectivity index (χ0n) is 9.17. The summed E-state index contributed by atoms with van der Waals surface area (Å²) in [5.41, 5.74) is 12.4. The maximum atomic E-state index is 3.04. The van der Waals surface area contributed by atoms with Gasteiger partial charge in [-0.1, -0.05) is 38.1 Å². The first-order chi connectivity index (χ1) is 7.31. The van der Waals surface area contributed by atoms with Crippen LogP contribution in [0, 0.1) is 0 Å². The molecule has 0 saturated carbocycles. The van der Waals surface area contributed by atoms with Crippen LogP contribution in [0.2, 0.25) is 0 Å². The molecule has 2 rings (SSSR count). The minimum absolute atomic E-state index is 0.640. The molecule has 3 heteroatoms. The van der Waals surface area contributed by atoms with E-state index >= 15 is 0 Å². The van der Waals surface area contributed by atoms with Crippen LogP contribution in [0.3, 0.4) is 0 Å². The van der Waals surface area contributed by atoms with Crippen molar-refractivity contribution >= 4 is 5.70 Å². The molecule has 1 aliphatic rings. The SMILES string of the molecule is CCC(C)c1ccc(C2=CNNN2)cc1. The van der Waals surface area contributed by atoms with Crippen LogP contribution in [0.4, 0.5) is 0 Å². The van der Waals surface area contributed by atoms with E-state index in [-0.39, 0.29) is 0 Å². The van der Waals surface area contributed by atoms with Gasteiger partial charge in [-0.25, -0.2) is 0 Å². The van der Waals surface area contributed by atoms with Gasteiger partial charge in [0.1, 0.15) is 0 Å². The Morgan fingerprint density at radius 3 is 2.47 bits per heavy atom. The molecule has 80 valence electrons. The highest BCUT2D eigenvalue weighted by atomic mass is 15.6. The van der Waals surface area contributed by atoms with Crippen molar-refractivity contribution in [1.29, 1.82) is 0 Å². The van der Waals surface area contributed by atoms with E-state index in [0.29, 0.717) is 5.92 Å². The summed E-state index contributed by atoms with van der Waals surface area (Å²) in [5, 5.41) is 0. The van der Waals surface area contributed by atoms with Gasteiger partial charge in [-0.2, -0.15) is 5.53 Å². The van der Waals surface area contributed by atoms with E-state index in [4.69, 9.17) is 0 Å². The lowest BCUT2D eigenvalue weighted by molar-refractivity contribution is 0.620. The smallest absolute Gasteiger partial charge is 0.0749 e. The fraction of sp³-hybridized carbons (Fsp3) is 0.333. The van der Waals surface area contributed by atoms with E-state index in [1.807, 2.05) is 6.20 Å². The van der Waals surface area contributed by atoms with Crippen LogP contribution in [-0.4, -0.2) is 0 Å². The molecule has 3 N–H and O–H groups in total. The highest BCUT2D eigenvalue weighted by molar-refractivity contribution is 5.64. The van der Waals surface area contributed by atoms with E-state index in [0.717, 1.165) is 5.70 Å². The van der Waals surface area contributed by atoms with Gasteiger partial charge in [0.25, 0.3) is 0 Å². The van der Waals surface area contributed by atoms with Crippen molar-refractivity contribution in [3.63, 3.8) is 0 Å². The molecule has 1 unspecified atom stereocenters. The Hall–Kier alpha value is -1.48. The van der Waals surface area contributed by atoms with Gasteiger partial charge in [0, 0.05) is 11.8 Å². The van der Waals surface area contributed by atoms with Gasteiger partial charge in [-0.15, -0.1) is 0 Å². The summed E-state index contributed by atoms with van der Waals surface area (Å²) in [4.78, 5) is 0. The molecular weight excluding hydrogens is 186 g/mol. The third kappa shape index (κ3) is 2.13. The van der Waals surface area contributed by atoms with E-state index in [1.165, 1.54) is 17.5 Å². The Labute approximate surface area is 90.5 Å². The number of hydrogen-bond acceptors (Lipinski definition) is 3. The second-order valence-electron chi connectivity index (χ2n) is 3.88. The third-order valence-electron chi connectivity index (χ3n) is 2.89. The van der Waals surface area contributed by atoms with Crippen molar-refractivity contribution in [3.05, 3.63) is 41.6 Å². The van der Waals surface area contributed by atoms with Crippen molar-refractivity contribution in [2.24, 2.45) is 0 Å². The lowest BCUT2D eigenvalue weighted by atomic mass is 9.97. The number of benzene rings is 1. The van der Waals surface area contributed by atoms with Crippen molar-refractivity contribution in [2.75, 3.05) is 0 Å². The maximum absolute atomic E-state index is 3.04. The molecule has 3 nitrogen and oxygen atoms in total. The molecule has 1 heterocycles. The Morgan fingerprint density at radius 1 is 1.20 bits per heavy atom. The van der Waals surface area contributed by atoms with Gasteiger partial charge in [0.05, 0.1) is 5.70 Å². The largest absolute Gasteiger partial charge is 0.309 e. The second-order valence-corrected chi connectivity index (χ2v) is 3.88. The summed E-state index contributed by atoms with van der Waals surface area (Å²) in [6, 6.07) is 8.69. The quantitative estimate of drug-likeness (QED) is 0.704. The van der Waals surface area contributed by atoms with Gasteiger partial charge in [0.15, 0.2) is 0 Å². The maximum Gasteiger partial charge on any atom is 0.0749 e. The van der Waals surface area contributed by atoms with Crippen LogP contribution in [0.5, 0.6) is 0 Å². The minimum Gasteiger partial charge on any atom is -0.309 e. The average Bonchev–Trinajstić information content (AvgIpc) is 2.82. The summed E-state index contributed by atoms with van der Waals surface area (Å²) >= 11 is 0. The molecule has 0 radical (unpaired) electrons. The third-order valence-corrected chi connectivity index (χ3v) is 2.89. The lowest BCUT2D eigenvalue weighted by Gasteiger charge is -2.10. The molecular formula is C12H17N3. The number of hydrogen-bond donors (Lipinski definition) is 3. The van der Waals surface area contributed by atoms with Crippen LogP contribution in [0.1, 0.15) is 37.3 Å². The standard InChI is InChI=1S/C12H17N3/c1-3-9(2)10-4-6-11(7-5-10)12-8-13-15-14-12/h4-9,13-15H,3H2,1-2H3. The second kappa shape index (κ2) is 4.36. The molecule has 1 aromatic carbocycles. The van der Waals surface area contributed by atoms with Crippen LogP contribution in [0.15, 0.2) is 30.5 Å². The predicted molar refractivity (Wildman–Crippen MR) is 62.5 cm³/mol. The molecule has 1 aliphatic heterocycles. The van der Waals surface area contributed by atoms with E-state index < -0.39 is 0 Å². The molecule has 0 aromatic heterocycles. The van der Waals surface area contributed by atoms with Crippen LogP contribution < -0.4 is 16.4 Å². The Balaban J connectivity index is 2.16. The molecule has 1 aromatic rings. The van der Waals surface area contributed by atoms with Gasteiger partial charge in [0.2, 0.25) is 0 Å². The highest BCUT2D eigenvalue weighted by Gasteiger charge is 2.06. The van der Waals surface area contributed by atoms with Crippen LogP contribution >= 0.6 is 0 Å².